The Kier molecular flexibility index (Phi) is 5.83. The summed E-state index contributed by atoms with van der Waals surface area (Å²) in [7, 11) is 0. The SMILES string of the molecule is C=CCOC(=O)NCCC1CNN=C1c1ccc(Cl)c(C)c1. The second-order valence-electron chi connectivity index (χ2n) is 5.12. The maximum absolute atomic E-state index is 11.4. The van der Waals surface area contributed by atoms with E-state index in [1.54, 1.807) is 0 Å². The monoisotopic (exact) mass is 321 g/mol. The van der Waals surface area contributed by atoms with Crippen molar-refractivity contribution in [3.8, 4) is 0 Å². The Morgan fingerprint density at radius 1 is 1.64 bits per heavy atom. The summed E-state index contributed by atoms with van der Waals surface area (Å²) >= 11 is 6.06. The van der Waals surface area contributed by atoms with Gasteiger partial charge in [-0.15, -0.1) is 0 Å². The molecule has 0 saturated carbocycles. The van der Waals surface area contributed by atoms with E-state index >= 15 is 0 Å². The number of hydrogen-bond acceptors (Lipinski definition) is 4. The zero-order chi connectivity index (χ0) is 15.9. The van der Waals surface area contributed by atoms with Crippen LogP contribution < -0.4 is 10.7 Å². The number of nitrogens with one attached hydrogen (secondary N) is 2. The molecule has 0 aromatic heterocycles. The van der Waals surface area contributed by atoms with Crippen LogP contribution in [0.3, 0.4) is 0 Å². The van der Waals surface area contributed by atoms with Crippen molar-refractivity contribution in [2.75, 3.05) is 19.7 Å². The molecule has 118 valence electrons. The highest BCUT2D eigenvalue weighted by molar-refractivity contribution is 6.31. The average molecular weight is 322 g/mol. The van der Waals surface area contributed by atoms with Gasteiger partial charge in [-0.3, -0.25) is 0 Å². The van der Waals surface area contributed by atoms with Crippen LogP contribution in [0.1, 0.15) is 17.5 Å². The summed E-state index contributed by atoms with van der Waals surface area (Å²) < 4.78 is 4.87. The highest BCUT2D eigenvalue weighted by Gasteiger charge is 2.23. The van der Waals surface area contributed by atoms with Gasteiger partial charge in [-0.2, -0.15) is 5.10 Å². The molecule has 22 heavy (non-hydrogen) atoms. The molecule has 0 bridgehead atoms. The molecule has 0 saturated heterocycles. The van der Waals surface area contributed by atoms with Gasteiger partial charge in [0, 0.05) is 24.0 Å². The Morgan fingerprint density at radius 2 is 2.45 bits per heavy atom. The minimum atomic E-state index is -0.424. The predicted octanol–water partition coefficient (Wildman–Crippen LogP) is 2.87. The van der Waals surface area contributed by atoms with Crippen LogP contribution in [0.15, 0.2) is 36.0 Å². The first kappa shape index (κ1) is 16.4. The van der Waals surface area contributed by atoms with Crippen LogP contribution in [0.25, 0.3) is 0 Å². The molecule has 1 atom stereocenters. The Hall–Kier alpha value is -2.01. The van der Waals surface area contributed by atoms with Crippen LogP contribution in [-0.4, -0.2) is 31.5 Å². The van der Waals surface area contributed by atoms with E-state index in [1.165, 1.54) is 6.08 Å². The van der Waals surface area contributed by atoms with Crippen LogP contribution in [0.4, 0.5) is 4.79 Å². The molecule has 1 heterocycles. The van der Waals surface area contributed by atoms with Crippen molar-refractivity contribution in [1.82, 2.24) is 10.7 Å². The molecular formula is C16H20ClN3O2. The smallest absolute Gasteiger partial charge is 0.407 e. The van der Waals surface area contributed by atoms with Crippen LogP contribution in [0.5, 0.6) is 0 Å². The van der Waals surface area contributed by atoms with Crippen molar-refractivity contribution in [3.05, 3.63) is 47.0 Å². The maximum Gasteiger partial charge on any atom is 0.407 e. The minimum Gasteiger partial charge on any atom is -0.445 e. The maximum atomic E-state index is 11.4. The second-order valence-corrected chi connectivity index (χ2v) is 5.53. The summed E-state index contributed by atoms with van der Waals surface area (Å²) in [4.78, 5) is 11.4. The van der Waals surface area contributed by atoms with Gasteiger partial charge in [0.2, 0.25) is 0 Å². The Morgan fingerprint density at radius 3 is 3.18 bits per heavy atom. The van der Waals surface area contributed by atoms with Crippen molar-refractivity contribution < 1.29 is 9.53 Å². The molecule has 0 radical (unpaired) electrons. The van der Waals surface area contributed by atoms with Crippen LogP contribution in [0, 0.1) is 12.8 Å². The summed E-state index contributed by atoms with van der Waals surface area (Å²) in [5.74, 6) is 0.250. The van der Waals surface area contributed by atoms with Crippen LogP contribution in [0.2, 0.25) is 5.02 Å². The average Bonchev–Trinajstić information content (AvgIpc) is 2.96. The largest absolute Gasteiger partial charge is 0.445 e. The first-order chi connectivity index (χ1) is 10.6. The molecule has 2 N–H and O–H groups in total. The Balaban J connectivity index is 1.89. The lowest BCUT2D eigenvalue weighted by molar-refractivity contribution is 0.158. The van der Waals surface area contributed by atoms with Crippen molar-refractivity contribution >= 4 is 23.4 Å². The third-order valence-electron chi connectivity index (χ3n) is 3.47. The summed E-state index contributed by atoms with van der Waals surface area (Å²) in [6, 6.07) is 5.89. The van der Waals surface area contributed by atoms with Crippen molar-refractivity contribution in [2.24, 2.45) is 11.0 Å². The molecule has 5 nitrogen and oxygen atoms in total. The number of benzene rings is 1. The van der Waals surface area contributed by atoms with Gasteiger partial charge >= 0.3 is 6.09 Å². The first-order valence-corrected chi connectivity index (χ1v) is 7.58. The van der Waals surface area contributed by atoms with E-state index in [0.29, 0.717) is 6.54 Å². The molecule has 1 amide bonds. The third-order valence-corrected chi connectivity index (χ3v) is 3.90. The van der Waals surface area contributed by atoms with E-state index in [0.717, 1.165) is 34.8 Å². The molecule has 1 unspecified atom stereocenters. The van der Waals surface area contributed by atoms with E-state index in [4.69, 9.17) is 16.3 Å². The lowest BCUT2D eigenvalue weighted by Crippen LogP contribution is -2.29. The molecular weight excluding hydrogens is 302 g/mol. The zero-order valence-electron chi connectivity index (χ0n) is 12.6. The van der Waals surface area contributed by atoms with Crippen molar-refractivity contribution in [2.45, 2.75) is 13.3 Å². The highest BCUT2D eigenvalue weighted by atomic mass is 35.5. The van der Waals surface area contributed by atoms with Gasteiger partial charge in [0.25, 0.3) is 0 Å². The number of rotatable bonds is 6. The zero-order valence-corrected chi connectivity index (χ0v) is 13.3. The van der Waals surface area contributed by atoms with Gasteiger partial charge < -0.3 is 15.5 Å². The topological polar surface area (TPSA) is 62.7 Å². The Bertz CT molecular complexity index is 587. The molecule has 2 rings (SSSR count). The van der Waals surface area contributed by atoms with Gasteiger partial charge in [0.15, 0.2) is 0 Å². The standard InChI is InChI=1S/C16H20ClN3O2/c1-3-8-22-16(21)18-7-6-13-10-19-20-15(13)12-4-5-14(17)11(2)9-12/h3-5,9,13,19H,1,6-8,10H2,2H3,(H,18,21). The number of alkyl carbamates (subject to hydrolysis) is 1. The van der Waals surface area contributed by atoms with Crippen molar-refractivity contribution in [1.29, 1.82) is 0 Å². The fourth-order valence-electron chi connectivity index (χ4n) is 2.31. The van der Waals surface area contributed by atoms with Gasteiger partial charge in [-0.1, -0.05) is 30.3 Å². The van der Waals surface area contributed by atoms with Crippen molar-refractivity contribution in [3.63, 3.8) is 0 Å². The van der Waals surface area contributed by atoms with Gasteiger partial charge in [0.1, 0.15) is 6.61 Å². The molecule has 0 fully saturated rings. The first-order valence-electron chi connectivity index (χ1n) is 7.20. The lowest BCUT2D eigenvalue weighted by Gasteiger charge is -2.13. The number of carbonyl (C=O) groups excluding carboxylic acids is 1. The number of halogens is 1. The molecule has 1 aliphatic heterocycles. The fourth-order valence-corrected chi connectivity index (χ4v) is 2.42. The minimum absolute atomic E-state index is 0.216. The summed E-state index contributed by atoms with van der Waals surface area (Å²) in [5.41, 5.74) is 6.11. The van der Waals surface area contributed by atoms with Crippen LogP contribution >= 0.6 is 11.6 Å². The van der Waals surface area contributed by atoms with E-state index in [1.807, 2.05) is 25.1 Å². The number of hydrazone groups is 1. The molecule has 6 heteroatoms. The molecule has 1 aromatic rings. The van der Waals surface area contributed by atoms with E-state index < -0.39 is 6.09 Å². The number of aryl methyl sites for hydroxylation is 1. The number of ether oxygens (including phenoxy) is 1. The normalized spacial score (nSPS) is 16.6. The molecule has 1 aliphatic rings. The van der Waals surface area contributed by atoms with Gasteiger partial charge in [0.05, 0.1) is 5.71 Å². The van der Waals surface area contributed by atoms with Crippen LogP contribution in [-0.2, 0) is 4.74 Å². The van der Waals surface area contributed by atoms with E-state index in [-0.39, 0.29) is 12.5 Å². The van der Waals surface area contributed by atoms with E-state index in [9.17, 15) is 4.79 Å². The fraction of sp³-hybridized carbons (Fsp3) is 0.375. The molecule has 1 aromatic carbocycles. The quantitative estimate of drug-likeness (QED) is 0.792. The second kappa shape index (κ2) is 7.84. The third kappa shape index (κ3) is 4.24. The predicted molar refractivity (Wildman–Crippen MR) is 88.4 cm³/mol. The van der Waals surface area contributed by atoms with Gasteiger partial charge in [-0.25, -0.2) is 4.79 Å². The molecule has 0 aliphatic carbocycles. The Labute approximate surface area is 135 Å². The summed E-state index contributed by atoms with van der Waals surface area (Å²) in [6.45, 7) is 6.98. The number of hydrogen-bond donors (Lipinski definition) is 2. The molecule has 0 spiro atoms. The van der Waals surface area contributed by atoms with Gasteiger partial charge in [-0.05, 0) is 36.6 Å². The highest BCUT2D eigenvalue weighted by Crippen LogP contribution is 2.21. The van der Waals surface area contributed by atoms with E-state index in [2.05, 4.69) is 22.4 Å². The lowest BCUT2D eigenvalue weighted by atomic mass is 9.94. The summed E-state index contributed by atoms with van der Waals surface area (Å²) in [5, 5.41) is 7.84. The number of amides is 1. The number of carbonyl (C=O) groups is 1. The summed E-state index contributed by atoms with van der Waals surface area (Å²) in [6.07, 6.45) is 1.90. The number of nitrogens with zero attached hydrogens (tertiary/aromatic N) is 1.